The van der Waals surface area contributed by atoms with Crippen molar-refractivity contribution in [2.75, 3.05) is 18.1 Å². The number of amides is 2. The van der Waals surface area contributed by atoms with Crippen molar-refractivity contribution in [2.45, 2.75) is 44.6 Å². The molecule has 1 aliphatic rings. The predicted molar refractivity (Wildman–Crippen MR) is 116 cm³/mol. The van der Waals surface area contributed by atoms with Gasteiger partial charge < -0.3 is 9.47 Å². The lowest BCUT2D eigenvalue weighted by Crippen LogP contribution is -2.29. The van der Waals surface area contributed by atoms with Crippen molar-refractivity contribution in [1.29, 1.82) is 0 Å². The summed E-state index contributed by atoms with van der Waals surface area (Å²) in [4.78, 5) is 24.9. The van der Waals surface area contributed by atoms with Crippen LogP contribution < -0.4 is 19.1 Å². The number of imide groups is 1. The third kappa shape index (κ3) is 5.05. The molecule has 1 saturated heterocycles. The third-order valence-electron chi connectivity index (χ3n) is 4.86. The maximum absolute atomic E-state index is 12.8. The molecule has 2 aromatic rings. The zero-order valence-electron chi connectivity index (χ0n) is 17.8. The van der Waals surface area contributed by atoms with E-state index in [1.807, 2.05) is 13.8 Å². The van der Waals surface area contributed by atoms with Gasteiger partial charge in [-0.15, -0.1) is 0 Å². The van der Waals surface area contributed by atoms with E-state index in [4.69, 9.17) is 9.47 Å². The number of nitrogens with one attached hydrogen (secondary N) is 1. The van der Waals surface area contributed by atoms with Crippen molar-refractivity contribution in [2.24, 2.45) is 0 Å². The molecule has 9 heteroatoms. The third-order valence-corrected chi connectivity index (χ3v) is 6.41. The number of hydrogen-bond acceptors (Lipinski definition) is 6. The number of carbonyl (C=O) groups is 2. The number of hydrogen-bond donors (Lipinski definition) is 1. The maximum Gasteiger partial charge on any atom is 0.241 e. The second kappa shape index (κ2) is 9.49. The molecule has 3 rings (SSSR count). The van der Waals surface area contributed by atoms with Gasteiger partial charge in [-0.2, -0.15) is 0 Å². The highest BCUT2D eigenvalue weighted by molar-refractivity contribution is 7.89. The van der Waals surface area contributed by atoms with Gasteiger partial charge in [0.15, 0.2) is 11.5 Å². The molecule has 2 amide bonds. The topological polar surface area (TPSA) is 102 Å². The number of nitrogens with zero attached hydrogens (tertiary/aromatic N) is 1. The molecule has 2 aromatic carbocycles. The first kappa shape index (κ1) is 22.8. The summed E-state index contributed by atoms with van der Waals surface area (Å²) in [6.45, 7) is 6.42. The van der Waals surface area contributed by atoms with Crippen molar-refractivity contribution >= 4 is 27.5 Å². The van der Waals surface area contributed by atoms with Crippen LogP contribution >= 0.6 is 0 Å². The van der Waals surface area contributed by atoms with Gasteiger partial charge in [-0.25, -0.2) is 13.1 Å². The highest BCUT2D eigenvalue weighted by Gasteiger charge is 2.30. The van der Waals surface area contributed by atoms with Gasteiger partial charge in [0.05, 0.1) is 23.8 Å². The summed E-state index contributed by atoms with van der Waals surface area (Å²) in [6.07, 6.45) is 0.341. The average Bonchev–Trinajstić information content (AvgIpc) is 3.07. The Morgan fingerprint density at radius 1 is 0.935 bits per heavy atom. The summed E-state index contributed by atoms with van der Waals surface area (Å²) in [5.74, 6) is 0.586. The Labute approximate surface area is 182 Å². The lowest BCUT2D eigenvalue weighted by Gasteiger charge is -2.18. The largest absolute Gasteiger partial charge is 0.490 e. The SMILES string of the molecule is CCOc1ccc([C@@H](C)NS(=O)(=O)c2ccc(N3C(=O)CCC3=O)cc2)cc1OCC. The van der Waals surface area contributed by atoms with Crippen molar-refractivity contribution in [3.05, 3.63) is 48.0 Å². The van der Waals surface area contributed by atoms with Crippen LogP contribution in [0.25, 0.3) is 0 Å². The molecule has 1 atom stereocenters. The molecule has 1 N–H and O–H groups in total. The molecule has 31 heavy (non-hydrogen) atoms. The minimum absolute atomic E-state index is 0.0400. The number of sulfonamides is 1. The van der Waals surface area contributed by atoms with E-state index in [1.54, 1.807) is 25.1 Å². The quantitative estimate of drug-likeness (QED) is 0.594. The number of anilines is 1. The summed E-state index contributed by atoms with van der Waals surface area (Å²) >= 11 is 0. The van der Waals surface area contributed by atoms with Crippen molar-refractivity contribution in [1.82, 2.24) is 4.72 Å². The first-order valence-electron chi connectivity index (χ1n) is 10.1. The van der Waals surface area contributed by atoms with Gasteiger partial charge in [-0.05, 0) is 62.7 Å². The second-order valence-corrected chi connectivity index (χ2v) is 8.75. The van der Waals surface area contributed by atoms with Crippen molar-refractivity contribution in [3.8, 4) is 11.5 Å². The standard InChI is InChI=1S/C22H26N2O6S/c1-4-29-19-11-6-16(14-20(19)30-5-2)15(3)23-31(27,28)18-9-7-17(8-10-18)24-21(25)12-13-22(24)26/h6-11,14-15,23H,4-5,12-13H2,1-3H3/t15-/m1/s1. The van der Waals surface area contributed by atoms with Crippen LogP contribution in [-0.4, -0.2) is 33.4 Å². The first-order chi connectivity index (χ1) is 14.8. The molecule has 1 aliphatic heterocycles. The smallest absolute Gasteiger partial charge is 0.241 e. The van der Waals surface area contributed by atoms with Crippen LogP contribution in [0.5, 0.6) is 11.5 Å². The first-order valence-corrected chi connectivity index (χ1v) is 11.6. The molecule has 166 valence electrons. The molecule has 0 bridgehead atoms. The fourth-order valence-electron chi connectivity index (χ4n) is 3.34. The van der Waals surface area contributed by atoms with Crippen LogP contribution in [0.2, 0.25) is 0 Å². The Balaban J connectivity index is 1.78. The van der Waals surface area contributed by atoms with E-state index in [0.29, 0.717) is 30.4 Å². The fourth-order valence-corrected chi connectivity index (χ4v) is 4.58. The monoisotopic (exact) mass is 446 g/mol. The normalized spacial score (nSPS) is 15.3. The van der Waals surface area contributed by atoms with Crippen LogP contribution in [0.1, 0.15) is 45.2 Å². The van der Waals surface area contributed by atoms with Crippen molar-refractivity contribution < 1.29 is 27.5 Å². The van der Waals surface area contributed by atoms with E-state index < -0.39 is 16.1 Å². The van der Waals surface area contributed by atoms with Gasteiger partial charge in [-0.1, -0.05) is 6.07 Å². The molecule has 0 saturated carbocycles. The summed E-state index contributed by atoms with van der Waals surface area (Å²) in [7, 11) is -3.83. The lowest BCUT2D eigenvalue weighted by molar-refractivity contribution is -0.121. The van der Waals surface area contributed by atoms with E-state index in [9.17, 15) is 18.0 Å². The second-order valence-electron chi connectivity index (χ2n) is 7.03. The van der Waals surface area contributed by atoms with E-state index >= 15 is 0 Å². The van der Waals surface area contributed by atoms with Crippen LogP contribution in [0.4, 0.5) is 5.69 Å². The lowest BCUT2D eigenvalue weighted by atomic mass is 10.1. The van der Waals surface area contributed by atoms with E-state index in [2.05, 4.69) is 4.72 Å². The number of benzene rings is 2. The zero-order chi connectivity index (χ0) is 22.6. The van der Waals surface area contributed by atoms with Crippen LogP contribution in [-0.2, 0) is 19.6 Å². The van der Waals surface area contributed by atoms with Gasteiger partial charge in [0.1, 0.15) is 0 Å². The fraction of sp³-hybridized carbons (Fsp3) is 0.364. The Kier molecular flexibility index (Phi) is 6.97. The molecule has 1 fully saturated rings. The molecular weight excluding hydrogens is 420 g/mol. The van der Waals surface area contributed by atoms with Crippen LogP contribution in [0.15, 0.2) is 47.4 Å². The van der Waals surface area contributed by atoms with E-state index in [-0.39, 0.29) is 29.6 Å². The van der Waals surface area contributed by atoms with E-state index in [1.165, 1.54) is 24.3 Å². The molecule has 1 heterocycles. The summed E-state index contributed by atoms with van der Waals surface area (Å²) in [5.41, 5.74) is 1.09. The van der Waals surface area contributed by atoms with Gasteiger partial charge in [0, 0.05) is 18.9 Å². The summed E-state index contributed by atoms with van der Waals surface area (Å²) in [5, 5.41) is 0. The Bertz CT molecular complexity index is 1050. The zero-order valence-corrected chi connectivity index (χ0v) is 18.6. The highest BCUT2D eigenvalue weighted by atomic mass is 32.2. The highest BCUT2D eigenvalue weighted by Crippen LogP contribution is 2.31. The molecule has 0 aliphatic carbocycles. The Hall–Kier alpha value is -2.91. The van der Waals surface area contributed by atoms with E-state index in [0.717, 1.165) is 10.5 Å². The Morgan fingerprint density at radius 2 is 1.52 bits per heavy atom. The maximum atomic E-state index is 12.8. The number of rotatable bonds is 9. The summed E-state index contributed by atoms with van der Waals surface area (Å²) in [6, 6.07) is 10.5. The van der Waals surface area contributed by atoms with Crippen molar-refractivity contribution in [3.63, 3.8) is 0 Å². The molecule has 0 spiro atoms. The molecule has 8 nitrogen and oxygen atoms in total. The predicted octanol–water partition coefficient (Wildman–Crippen LogP) is 3.18. The van der Waals surface area contributed by atoms with Crippen LogP contribution in [0, 0.1) is 0 Å². The Morgan fingerprint density at radius 3 is 2.10 bits per heavy atom. The minimum Gasteiger partial charge on any atom is -0.490 e. The number of carbonyl (C=O) groups excluding carboxylic acids is 2. The number of ether oxygens (including phenoxy) is 2. The molecular formula is C22H26N2O6S. The average molecular weight is 447 g/mol. The van der Waals surface area contributed by atoms with Gasteiger partial charge >= 0.3 is 0 Å². The van der Waals surface area contributed by atoms with Gasteiger partial charge in [0.2, 0.25) is 21.8 Å². The van der Waals surface area contributed by atoms with Crippen LogP contribution in [0.3, 0.4) is 0 Å². The summed E-state index contributed by atoms with van der Waals surface area (Å²) < 4.78 is 39.5. The van der Waals surface area contributed by atoms with Gasteiger partial charge in [0.25, 0.3) is 0 Å². The minimum atomic E-state index is -3.83. The molecule has 0 radical (unpaired) electrons. The van der Waals surface area contributed by atoms with Gasteiger partial charge in [-0.3, -0.25) is 14.5 Å². The molecule has 0 unspecified atom stereocenters. The molecule has 0 aromatic heterocycles.